The monoisotopic (exact) mass is 450 g/mol. The van der Waals surface area contributed by atoms with Crippen LogP contribution in [0.1, 0.15) is 29.9 Å². The molecule has 0 unspecified atom stereocenters. The lowest BCUT2D eigenvalue weighted by Gasteiger charge is -2.20. The number of nitrogens with zero attached hydrogens (tertiary/aromatic N) is 4. The topological polar surface area (TPSA) is 110 Å². The molecule has 0 aliphatic rings. The van der Waals surface area contributed by atoms with Gasteiger partial charge in [-0.15, -0.1) is 0 Å². The van der Waals surface area contributed by atoms with Gasteiger partial charge in [0.2, 0.25) is 0 Å². The number of benzene rings is 1. The van der Waals surface area contributed by atoms with Gasteiger partial charge in [0, 0.05) is 48.0 Å². The minimum Gasteiger partial charge on any atom is -0.404 e. The van der Waals surface area contributed by atoms with Gasteiger partial charge >= 0.3 is 0 Å². The number of likely N-dealkylation sites (N-methyl/N-ethyl adjacent to an activating group) is 1. The third kappa shape index (κ3) is 4.89. The minimum atomic E-state index is -0.184. The number of fused-ring (bicyclic) bond motifs is 1. The van der Waals surface area contributed by atoms with E-state index in [1.54, 1.807) is 48.3 Å². The lowest BCUT2D eigenvalue weighted by molar-refractivity contribution is 0.0810. The Bertz CT molecular complexity index is 1230. The zero-order valence-electron chi connectivity index (χ0n) is 18.7. The van der Waals surface area contributed by atoms with Crippen LogP contribution in [0.2, 0.25) is 5.02 Å². The molecule has 0 saturated heterocycles. The number of hydrogen-bond donors (Lipinski definition) is 2. The number of carbonyl (C=O) groups excluding carboxylic acids is 1. The molecule has 3 aromatic rings. The van der Waals surface area contributed by atoms with E-state index >= 15 is 0 Å². The number of pyridine rings is 2. The number of anilines is 1. The van der Waals surface area contributed by atoms with Crippen LogP contribution in [0.25, 0.3) is 22.3 Å². The Morgan fingerprint density at radius 2 is 1.94 bits per heavy atom. The summed E-state index contributed by atoms with van der Waals surface area (Å²) < 4.78 is 0. The number of hydrogen-bond acceptors (Lipinski definition) is 6. The Morgan fingerprint density at radius 1 is 1.19 bits per heavy atom. The van der Waals surface area contributed by atoms with E-state index in [2.05, 4.69) is 9.98 Å². The zero-order chi connectivity index (χ0) is 23.4. The molecule has 0 saturated carbocycles. The highest BCUT2D eigenvalue weighted by Crippen LogP contribution is 2.28. The van der Waals surface area contributed by atoms with E-state index in [-0.39, 0.29) is 5.91 Å². The predicted octanol–water partition coefficient (Wildman–Crippen LogP) is 4.24. The number of aryl methyl sites for hydroxylation is 1. The van der Waals surface area contributed by atoms with Gasteiger partial charge in [-0.25, -0.2) is 9.97 Å². The molecular weight excluding hydrogens is 424 g/mol. The second-order valence-corrected chi connectivity index (χ2v) is 7.94. The number of amides is 1. The van der Waals surface area contributed by atoms with Crippen LogP contribution in [0.5, 0.6) is 0 Å². The van der Waals surface area contributed by atoms with Gasteiger partial charge in [0.25, 0.3) is 5.91 Å². The molecule has 2 aromatic heterocycles. The smallest absolute Gasteiger partial charge is 0.254 e. The summed E-state index contributed by atoms with van der Waals surface area (Å²) >= 11 is 6.23. The summed E-state index contributed by atoms with van der Waals surface area (Å²) in [6.07, 6.45) is 1.49. The van der Waals surface area contributed by atoms with Crippen molar-refractivity contribution in [3.8, 4) is 11.4 Å². The molecule has 166 valence electrons. The first-order chi connectivity index (χ1) is 15.2. The summed E-state index contributed by atoms with van der Waals surface area (Å²) in [6, 6.07) is 10.6. The maximum atomic E-state index is 13.5. The third-order valence-electron chi connectivity index (χ3n) is 5.21. The Kier molecular flexibility index (Phi) is 7.10. The molecule has 0 fully saturated rings. The first-order valence-corrected chi connectivity index (χ1v) is 10.6. The quantitative estimate of drug-likeness (QED) is 0.546. The van der Waals surface area contributed by atoms with Crippen molar-refractivity contribution in [1.29, 1.82) is 0 Å². The summed E-state index contributed by atoms with van der Waals surface area (Å²) in [5.74, 6) is -0.184. The Morgan fingerprint density at radius 3 is 2.59 bits per heavy atom. The summed E-state index contributed by atoms with van der Waals surface area (Å²) in [5.41, 5.74) is 17.0. The molecular formula is C24H27ClN6O. The van der Waals surface area contributed by atoms with Gasteiger partial charge in [-0.05, 0) is 57.2 Å². The van der Waals surface area contributed by atoms with Gasteiger partial charge < -0.3 is 16.4 Å². The van der Waals surface area contributed by atoms with Gasteiger partial charge in [-0.2, -0.15) is 0 Å². The van der Waals surface area contributed by atoms with Crippen LogP contribution in [0.15, 0.2) is 53.2 Å². The molecule has 0 aliphatic carbocycles. The highest BCUT2D eigenvalue weighted by atomic mass is 35.5. The van der Waals surface area contributed by atoms with Crippen LogP contribution in [0.4, 0.5) is 5.69 Å². The molecule has 0 bridgehead atoms. The third-order valence-corrected chi connectivity index (χ3v) is 5.44. The molecule has 2 heterocycles. The molecule has 0 atom stereocenters. The first-order valence-electron chi connectivity index (χ1n) is 10.3. The molecule has 4 N–H and O–H groups in total. The predicted molar refractivity (Wildman–Crippen MR) is 132 cm³/mol. The van der Waals surface area contributed by atoms with Crippen molar-refractivity contribution in [1.82, 2.24) is 14.9 Å². The number of aromatic nitrogens is 2. The highest BCUT2D eigenvalue weighted by Gasteiger charge is 2.20. The van der Waals surface area contributed by atoms with E-state index in [1.807, 2.05) is 20.8 Å². The van der Waals surface area contributed by atoms with E-state index in [4.69, 9.17) is 28.1 Å². The van der Waals surface area contributed by atoms with Crippen LogP contribution in [0, 0.1) is 6.92 Å². The van der Waals surface area contributed by atoms with E-state index in [0.29, 0.717) is 57.3 Å². The van der Waals surface area contributed by atoms with Crippen LogP contribution < -0.4 is 11.5 Å². The second-order valence-electron chi connectivity index (χ2n) is 7.50. The van der Waals surface area contributed by atoms with Crippen molar-refractivity contribution < 1.29 is 4.79 Å². The van der Waals surface area contributed by atoms with Crippen molar-refractivity contribution in [2.75, 3.05) is 25.9 Å². The van der Waals surface area contributed by atoms with Crippen molar-refractivity contribution in [2.45, 2.75) is 20.8 Å². The number of carbonyl (C=O) groups is 1. The maximum Gasteiger partial charge on any atom is 0.254 e. The van der Waals surface area contributed by atoms with E-state index in [1.165, 1.54) is 6.20 Å². The highest BCUT2D eigenvalue weighted by molar-refractivity contribution is 6.31. The average molecular weight is 451 g/mol. The lowest BCUT2D eigenvalue weighted by Crippen LogP contribution is -2.31. The molecule has 1 aromatic carbocycles. The summed E-state index contributed by atoms with van der Waals surface area (Å²) in [4.78, 5) is 28.8. The fraction of sp³-hybridized carbons (Fsp3) is 0.250. The van der Waals surface area contributed by atoms with E-state index < -0.39 is 0 Å². The van der Waals surface area contributed by atoms with Gasteiger partial charge in [-0.3, -0.25) is 9.79 Å². The number of nitrogens with two attached hydrogens (primary N) is 2. The number of halogens is 1. The van der Waals surface area contributed by atoms with Crippen molar-refractivity contribution in [3.05, 3.63) is 64.5 Å². The zero-order valence-corrected chi connectivity index (χ0v) is 19.4. The molecule has 7 nitrogen and oxygen atoms in total. The van der Waals surface area contributed by atoms with Gasteiger partial charge in [0.15, 0.2) is 0 Å². The molecule has 0 spiro atoms. The number of nitrogen functional groups attached to an aromatic ring is 1. The van der Waals surface area contributed by atoms with Crippen molar-refractivity contribution in [3.63, 3.8) is 0 Å². The fourth-order valence-corrected chi connectivity index (χ4v) is 3.55. The summed E-state index contributed by atoms with van der Waals surface area (Å²) in [6.45, 7) is 6.64. The number of aliphatic imine (C=N–C) groups is 1. The molecule has 0 aliphatic heterocycles. The van der Waals surface area contributed by atoms with Crippen molar-refractivity contribution in [2.24, 2.45) is 10.7 Å². The molecule has 8 heteroatoms. The largest absolute Gasteiger partial charge is 0.404 e. The van der Waals surface area contributed by atoms with Crippen LogP contribution in [-0.4, -0.2) is 46.6 Å². The van der Waals surface area contributed by atoms with Gasteiger partial charge in [0.05, 0.1) is 33.8 Å². The Balaban J connectivity index is 2.09. The number of rotatable bonds is 6. The Hall–Kier alpha value is -3.45. The standard InChI is InChI=1S/C24H27ClN6O/c1-5-28-14(2)16(12-26)13-31(4)24(32)19-11-23(22-9-7-20(27)15(3)29-22)30-21-8-6-17(25)10-18(19)21/h6-12H,5,13,26-27H2,1-4H3. The lowest BCUT2D eigenvalue weighted by atomic mass is 10.0. The van der Waals surface area contributed by atoms with Gasteiger partial charge in [0.1, 0.15) is 0 Å². The van der Waals surface area contributed by atoms with Crippen molar-refractivity contribution >= 4 is 39.8 Å². The maximum absolute atomic E-state index is 13.5. The SMILES string of the molecule is CCN=C(C)C(=CN)CN(C)C(=O)c1cc(-c2ccc(N)c(C)n2)nc2ccc(Cl)cc12. The average Bonchev–Trinajstić information content (AvgIpc) is 2.78. The summed E-state index contributed by atoms with van der Waals surface area (Å²) in [7, 11) is 1.73. The normalized spacial score (nSPS) is 12.3. The summed E-state index contributed by atoms with van der Waals surface area (Å²) in [5, 5.41) is 1.20. The molecule has 32 heavy (non-hydrogen) atoms. The van der Waals surface area contributed by atoms with Gasteiger partial charge in [-0.1, -0.05) is 11.6 Å². The molecule has 3 rings (SSSR count). The minimum absolute atomic E-state index is 0.184. The molecule has 1 amide bonds. The first kappa shape index (κ1) is 23.2. The van der Waals surface area contributed by atoms with Crippen LogP contribution in [0.3, 0.4) is 0 Å². The Labute approximate surface area is 192 Å². The van der Waals surface area contributed by atoms with Crippen LogP contribution in [-0.2, 0) is 0 Å². The second kappa shape index (κ2) is 9.78. The van der Waals surface area contributed by atoms with E-state index in [0.717, 1.165) is 11.3 Å². The van der Waals surface area contributed by atoms with E-state index in [9.17, 15) is 4.79 Å². The molecule has 0 radical (unpaired) electrons. The fourth-order valence-electron chi connectivity index (χ4n) is 3.38. The van der Waals surface area contributed by atoms with Crippen LogP contribution >= 0.6 is 11.6 Å².